The number of carbonyl (C=O) groups excluding carboxylic acids is 2. The number of rotatable bonds is 7. The van der Waals surface area contributed by atoms with Gasteiger partial charge in [-0.2, -0.15) is 0 Å². The first-order chi connectivity index (χ1) is 10.0. The molecule has 0 aromatic heterocycles. The number of ketones is 1. The van der Waals surface area contributed by atoms with Gasteiger partial charge in [0.2, 0.25) is 0 Å². The Kier molecular flexibility index (Phi) is 7.12. The summed E-state index contributed by atoms with van der Waals surface area (Å²) in [5.74, 6) is -0.288. The molecule has 0 bridgehead atoms. The minimum Gasteiger partial charge on any atom is -0.295 e. The Balaban J connectivity index is 2.77. The number of amides is 1. The second-order valence-corrected chi connectivity index (χ2v) is 4.64. The first kappa shape index (κ1) is 16.9. The molecule has 0 fully saturated rings. The van der Waals surface area contributed by atoms with Crippen LogP contribution in [0, 0.1) is 0 Å². The van der Waals surface area contributed by atoms with E-state index in [0.717, 1.165) is 5.56 Å². The lowest BCUT2D eigenvalue weighted by Gasteiger charge is -2.23. The highest BCUT2D eigenvalue weighted by Gasteiger charge is 2.14. The standard InChI is InChI=1S/C17H21NO3/c1-4-8-17(20)18(13-16-9-6-5-7-10-16)21-15(3)12-11-14(2)19/h4-12,15H,13H2,1-3H3/b8-4-,12-11+. The Morgan fingerprint density at radius 1 is 1.24 bits per heavy atom. The van der Waals surface area contributed by atoms with Crippen LogP contribution in [0.4, 0.5) is 0 Å². The molecule has 1 rings (SSSR count). The molecule has 0 spiro atoms. The van der Waals surface area contributed by atoms with Crippen LogP contribution in [0.2, 0.25) is 0 Å². The van der Waals surface area contributed by atoms with Crippen LogP contribution >= 0.6 is 0 Å². The lowest BCUT2D eigenvalue weighted by Crippen LogP contribution is -2.32. The van der Waals surface area contributed by atoms with Gasteiger partial charge in [0.05, 0.1) is 6.54 Å². The van der Waals surface area contributed by atoms with E-state index in [9.17, 15) is 9.59 Å². The predicted octanol–water partition coefficient (Wildman–Crippen LogP) is 3.06. The zero-order valence-electron chi connectivity index (χ0n) is 12.7. The van der Waals surface area contributed by atoms with E-state index >= 15 is 0 Å². The summed E-state index contributed by atoms with van der Waals surface area (Å²) >= 11 is 0. The maximum absolute atomic E-state index is 12.0. The van der Waals surface area contributed by atoms with Gasteiger partial charge in [-0.25, -0.2) is 5.06 Å². The molecular weight excluding hydrogens is 266 g/mol. The number of benzene rings is 1. The van der Waals surface area contributed by atoms with Crippen LogP contribution < -0.4 is 0 Å². The lowest BCUT2D eigenvalue weighted by molar-refractivity contribution is -0.195. The summed E-state index contributed by atoms with van der Waals surface area (Å²) in [6.45, 7) is 5.37. The largest absolute Gasteiger partial charge is 0.295 e. The highest BCUT2D eigenvalue weighted by molar-refractivity contribution is 5.87. The van der Waals surface area contributed by atoms with E-state index in [1.54, 1.807) is 26.0 Å². The summed E-state index contributed by atoms with van der Waals surface area (Å²) < 4.78 is 0. The first-order valence-electron chi connectivity index (χ1n) is 6.86. The van der Waals surface area contributed by atoms with Crippen molar-refractivity contribution in [3.63, 3.8) is 0 Å². The number of nitrogens with zero attached hydrogens (tertiary/aromatic N) is 1. The molecule has 21 heavy (non-hydrogen) atoms. The third-order valence-electron chi connectivity index (χ3n) is 2.62. The van der Waals surface area contributed by atoms with Crippen molar-refractivity contribution < 1.29 is 14.4 Å². The Labute approximate surface area is 125 Å². The van der Waals surface area contributed by atoms with Crippen molar-refractivity contribution in [2.75, 3.05) is 0 Å². The van der Waals surface area contributed by atoms with E-state index in [4.69, 9.17) is 4.84 Å². The van der Waals surface area contributed by atoms with Crippen LogP contribution in [0.1, 0.15) is 26.3 Å². The molecule has 1 unspecified atom stereocenters. The lowest BCUT2D eigenvalue weighted by atomic mass is 10.2. The van der Waals surface area contributed by atoms with Gasteiger partial charge >= 0.3 is 0 Å². The molecule has 0 heterocycles. The van der Waals surface area contributed by atoms with Crippen molar-refractivity contribution in [2.24, 2.45) is 0 Å². The third kappa shape index (κ3) is 6.68. The van der Waals surface area contributed by atoms with Gasteiger partial charge in [0, 0.05) is 6.08 Å². The van der Waals surface area contributed by atoms with Gasteiger partial charge in [0.15, 0.2) is 5.78 Å². The summed E-state index contributed by atoms with van der Waals surface area (Å²) in [4.78, 5) is 28.6. The summed E-state index contributed by atoms with van der Waals surface area (Å²) in [6.07, 6.45) is 5.81. The monoisotopic (exact) mass is 287 g/mol. The maximum atomic E-state index is 12.0. The highest BCUT2D eigenvalue weighted by Crippen LogP contribution is 2.09. The molecule has 0 saturated heterocycles. The van der Waals surface area contributed by atoms with Gasteiger partial charge < -0.3 is 0 Å². The molecule has 0 saturated carbocycles. The molecule has 0 aliphatic rings. The van der Waals surface area contributed by atoms with Crippen LogP contribution in [0.15, 0.2) is 54.6 Å². The molecule has 1 aromatic carbocycles. The minimum absolute atomic E-state index is 0.0557. The van der Waals surface area contributed by atoms with Gasteiger partial charge in [-0.1, -0.05) is 42.5 Å². The first-order valence-corrected chi connectivity index (χ1v) is 6.86. The smallest absolute Gasteiger partial charge is 0.270 e. The van der Waals surface area contributed by atoms with Crippen LogP contribution in [-0.2, 0) is 21.0 Å². The SMILES string of the molecule is C/C=C\C(=O)N(Cc1ccccc1)OC(C)/C=C/C(C)=O. The number of allylic oxidation sites excluding steroid dienone is 2. The van der Waals surface area contributed by atoms with Gasteiger partial charge in [-0.3, -0.25) is 14.4 Å². The predicted molar refractivity (Wildman–Crippen MR) is 82.2 cm³/mol. The summed E-state index contributed by atoms with van der Waals surface area (Å²) in [5.41, 5.74) is 0.970. The van der Waals surface area contributed by atoms with Gasteiger partial charge in [0.25, 0.3) is 5.91 Å². The average Bonchev–Trinajstić information content (AvgIpc) is 2.46. The number of hydrogen-bond donors (Lipinski definition) is 0. The van der Waals surface area contributed by atoms with Gasteiger partial charge in [-0.15, -0.1) is 0 Å². The fourth-order valence-corrected chi connectivity index (χ4v) is 1.65. The molecule has 4 nitrogen and oxygen atoms in total. The van der Waals surface area contributed by atoms with Crippen LogP contribution in [0.3, 0.4) is 0 Å². The maximum Gasteiger partial charge on any atom is 0.270 e. The van der Waals surface area contributed by atoms with Gasteiger partial charge in [-0.05, 0) is 32.4 Å². The topological polar surface area (TPSA) is 46.6 Å². The third-order valence-corrected chi connectivity index (χ3v) is 2.62. The van der Waals surface area contributed by atoms with Crippen molar-refractivity contribution in [2.45, 2.75) is 33.4 Å². The van der Waals surface area contributed by atoms with Crippen molar-refractivity contribution in [1.29, 1.82) is 0 Å². The number of hydroxylamine groups is 2. The highest BCUT2D eigenvalue weighted by atomic mass is 16.7. The molecule has 112 valence electrons. The Bertz CT molecular complexity index is 520. The van der Waals surface area contributed by atoms with E-state index in [2.05, 4.69) is 0 Å². The molecule has 1 atom stereocenters. The molecule has 0 aliphatic carbocycles. The average molecular weight is 287 g/mol. The van der Waals surface area contributed by atoms with E-state index in [1.807, 2.05) is 30.3 Å². The molecular formula is C17H21NO3. The molecule has 0 N–H and O–H groups in total. The summed E-state index contributed by atoms with van der Waals surface area (Å²) in [6, 6.07) is 9.59. The van der Waals surface area contributed by atoms with Crippen molar-refractivity contribution in [3.8, 4) is 0 Å². The fraction of sp³-hybridized carbons (Fsp3) is 0.294. The zero-order chi connectivity index (χ0) is 15.7. The second kappa shape index (κ2) is 8.87. The van der Waals surface area contributed by atoms with E-state index in [-0.39, 0.29) is 17.8 Å². The van der Waals surface area contributed by atoms with Crippen molar-refractivity contribution in [3.05, 3.63) is 60.2 Å². The second-order valence-electron chi connectivity index (χ2n) is 4.64. The molecule has 4 heteroatoms. The Morgan fingerprint density at radius 2 is 1.90 bits per heavy atom. The fourth-order valence-electron chi connectivity index (χ4n) is 1.65. The van der Waals surface area contributed by atoms with Crippen molar-refractivity contribution >= 4 is 11.7 Å². The molecule has 0 radical (unpaired) electrons. The molecule has 1 aromatic rings. The normalized spacial score (nSPS) is 12.7. The molecule has 1 amide bonds. The van der Waals surface area contributed by atoms with E-state index in [1.165, 1.54) is 24.1 Å². The van der Waals surface area contributed by atoms with Crippen LogP contribution in [0.5, 0.6) is 0 Å². The quantitative estimate of drug-likeness (QED) is 0.572. The van der Waals surface area contributed by atoms with Crippen LogP contribution in [-0.4, -0.2) is 22.9 Å². The van der Waals surface area contributed by atoms with Gasteiger partial charge in [0.1, 0.15) is 6.10 Å². The zero-order valence-corrected chi connectivity index (χ0v) is 12.7. The summed E-state index contributed by atoms with van der Waals surface area (Å²) in [5, 5.41) is 1.30. The van der Waals surface area contributed by atoms with E-state index in [0.29, 0.717) is 6.54 Å². The summed E-state index contributed by atoms with van der Waals surface area (Å²) in [7, 11) is 0. The van der Waals surface area contributed by atoms with E-state index < -0.39 is 0 Å². The van der Waals surface area contributed by atoms with Crippen molar-refractivity contribution in [1.82, 2.24) is 5.06 Å². The number of carbonyl (C=O) groups is 2. The molecule has 0 aliphatic heterocycles. The Morgan fingerprint density at radius 3 is 2.48 bits per heavy atom. The minimum atomic E-state index is -0.369. The Hall–Kier alpha value is -2.20. The number of hydrogen-bond acceptors (Lipinski definition) is 3. The van der Waals surface area contributed by atoms with Crippen LogP contribution in [0.25, 0.3) is 0 Å².